The molecule has 2 N–H and O–H groups in total. The SMILES string of the molecule is CCCCCNC(OCc1ccc2ccccc2c1)c1ccc(C(=O)O)cc1. The first-order valence-corrected chi connectivity index (χ1v) is 9.83. The monoisotopic (exact) mass is 377 g/mol. The number of aromatic carboxylic acids is 1. The lowest BCUT2D eigenvalue weighted by molar-refractivity contribution is 0.0160. The summed E-state index contributed by atoms with van der Waals surface area (Å²) in [5.41, 5.74) is 2.33. The molecule has 0 spiro atoms. The molecule has 0 saturated carbocycles. The molecule has 3 rings (SSSR count). The van der Waals surface area contributed by atoms with Crippen LogP contribution in [0.4, 0.5) is 0 Å². The Morgan fingerprint density at radius 2 is 1.75 bits per heavy atom. The van der Waals surface area contributed by atoms with Crippen LogP contribution < -0.4 is 5.32 Å². The molecule has 0 amide bonds. The lowest BCUT2D eigenvalue weighted by Gasteiger charge is -2.20. The highest BCUT2D eigenvalue weighted by atomic mass is 16.5. The van der Waals surface area contributed by atoms with E-state index in [1.54, 1.807) is 12.1 Å². The van der Waals surface area contributed by atoms with E-state index in [-0.39, 0.29) is 11.8 Å². The summed E-state index contributed by atoms with van der Waals surface area (Å²) in [7, 11) is 0. The maximum atomic E-state index is 11.1. The third kappa shape index (κ3) is 5.41. The van der Waals surface area contributed by atoms with Gasteiger partial charge in [-0.1, -0.05) is 68.3 Å². The molecule has 3 aromatic rings. The van der Waals surface area contributed by atoms with E-state index in [1.165, 1.54) is 17.2 Å². The molecule has 0 aliphatic carbocycles. The van der Waals surface area contributed by atoms with Crippen molar-refractivity contribution in [2.45, 2.75) is 39.0 Å². The van der Waals surface area contributed by atoms with E-state index in [0.29, 0.717) is 6.61 Å². The summed E-state index contributed by atoms with van der Waals surface area (Å²) >= 11 is 0. The number of carbonyl (C=O) groups is 1. The summed E-state index contributed by atoms with van der Waals surface area (Å²) in [6.07, 6.45) is 3.14. The maximum absolute atomic E-state index is 11.1. The van der Waals surface area contributed by atoms with Crippen LogP contribution in [0, 0.1) is 0 Å². The first-order chi connectivity index (χ1) is 13.7. The van der Waals surface area contributed by atoms with Gasteiger partial charge in [0.2, 0.25) is 0 Å². The van der Waals surface area contributed by atoms with Crippen molar-refractivity contribution in [1.29, 1.82) is 0 Å². The van der Waals surface area contributed by atoms with Crippen molar-refractivity contribution in [3.63, 3.8) is 0 Å². The van der Waals surface area contributed by atoms with Crippen LogP contribution in [-0.2, 0) is 11.3 Å². The molecule has 0 aliphatic heterocycles. The first-order valence-electron chi connectivity index (χ1n) is 9.83. The number of unbranched alkanes of at least 4 members (excludes halogenated alkanes) is 2. The number of carboxylic acid groups (broad SMARTS) is 1. The third-order valence-electron chi connectivity index (χ3n) is 4.80. The van der Waals surface area contributed by atoms with Crippen molar-refractivity contribution in [2.24, 2.45) is 0 Å². The molecule has 0 bridgehead atoms. The second-order valence-corrected chi connectivity index (χ2v) is 6.96. The van der Waals surface area contributed by atoms with Gasteiger partial charge in [0.25, 0.3) is 0 Å². The van der Waals surface area contributed by atoms with E-state index in [2.05, 4.69) is 42.6 Å². The fourth-order valence-corrected chi connectivity index (χ4v) is 3.19. The van der Waals surface area contributed by atoms with E-state index in [4.69, 9.17) is 9.84 Å². The molecule has 3 aromatic carbocycles. The number of rotatable bonds is 10. The molecule has 1 atom stereocenters. The van der Waals surface area contributed by atoms with Gasteiger partial charge < -0.3 is 9.84 Å². The summed E-state index contributed by atoms with van der Waals surface area (Å²) in [6.45, 7) is 3.52. The lowest BCUT2D eigenvalue weighted by Crippen LogP contribution is -2.25. The topological polar surface area (TPSA) is 58.6 Å². The number of hydrogen-bond acceptors (Lipinski definition) is 3. The van der Waals surface area contributed by atoms with Crippen LogP contribution in [0.2, 0.25) is 0 Å². The molecule has 28 heavy (non-hydrogen) atoms. The van der Waals surface area contributed by atoms with E-state index in [9.17, 15) is 4.79 Å². The molecule has 4 nitrogen and oxygen atoms in total. The van der Waals surface area contributed by atoms with Crippen LogP contribution in [0.3, 0.4) is 0 Å². The molecule has 0 aliphatic rings. The Bertz CT molecular complexity index is 905. The summed E-state index contributed by atoms with van der Waals surface area (Å²) in [5, 5.41) is 15.0. The minimum Gasteiger partial charge on any atom is -0.478 e. The zero-order valence-electron chi connectivity index (χ0n) is 16.2. The maximum Gasteiger partial charge on any atom is 0.335 e. The number of ether oxygens (including phenoxy) is 1. The zero-order valence-corrected chi connectivity index (χ0v) is 16.2. The Hall–Kier alpha value is -2.69. The highest BCUT2D eigenvalue weighted by molar-refractivity contribution is 5.87. The normalized spacial score (nSPS) is 12.2. The lowest BCUT2D eigenvalue weighted by atomic mass is 10.1. The van der Waals surface area contributed by atoms with E-state index >= 15 is 0 Å². The second-order valence-electron chi connectivity index (χ2n) is 6.96. The smallest absolute Gasteiger partial charge is 0.335 e. The van der Waals surface area contributed by atoms with Gasteiger partial charge in [-0.3, -0.25) is 5.32 Å². The minimum atomic E-state index is -0.920. The molecule has 0 heterocycles. The average Bonchev–Trinajstić information content (AvgIpc) is 2.73. The summed E-state index contributed by atoms with van der Waals surface area (Å²) in [6, 6.07) is 21.5. The molecule has 1 unspecified atom stereocenters. The van der Waals surface area contributed by atoms with Gasteiger partial charge in [-0.05, 0) is 53.1 Å². The predicted octanol–water partition coefficient (Wildman–Crippen LogP) is 5.53. The van der Waals surface area contributed by atoms with Crippen molar-refractivity contribution in [3.05, 3.63) is 83.4 Å². The Labute approximate surface area is 166 Å². The number of fused-ring (bicyclic) bond motifs is 1. The Morgan fingerprint density at radius 3 is 2.46 bits per heavy atom. The van der Waals surface area contributed by atoms with Gasteiger partial charge in [0.1, 0.15) is 6.23 Å². The summed E-state index contributed by atoms with van der Waals surface area (Å²) in [4.78, 5) is 11.1. The minimum absolute atomic E-state index is 0.272. The molecular formula is C24H27NO3. The van der Waals surface area contributed by atoms with Crippen molar-refractivity contribution < 1.29 is 14.6 Å². The van der Waals surface area contributed by atoms with Gasteiger partial charge in [0.05, 0.1) is 12.2 Å². The third-order valence-corrected chi connectivity index (χ3v) is 4.80. The van der Waals surface area contributed by atoms with E-state index < -0.39 is 5.97 Å². The zero-order chi connectivity index (χ0) is 19.8. The summed E-state index contributed by atoms with van der Waals surface area (Å²) in [5.74, 6) is -0.920. The molecule has 0 saturated heterocycles. The number of carboxylic acids is 1. The second kappa shape index (κ2) is 10.0. The van der Waals surface area contributed by atoms with Crippen molar-refractivity contribution in [1.82, 2.24) is 5.32 Å². The van der Waals surface area contributed by atoms with Gasteiger partial charge in [-0.2, -0.15) is 0 Å². The first kappa shape index (κ1) is 20.1. The van der Waals surface area contributed by atoms with Gasteiger partial charge in [0.15, 0.2) is 0 Å². The van der Waals surface area contributed by atoms with Crippen LogP contribution >= 0.6 is 0 Å². The highest BCUT2D eigenvalue weighted by Crippen LogP contribution is 2.20. The van der Waals surface area contributed by atoms with E-state index in [0.717, 1.165) is 30.5 Å². The van der Waals surface area contributed by atoms with Crippen LogP contribution in [0.25, 0.3) is 10.8 Å². The van der Waals surface area contributed by atoms with Gasteiger partial charge in [-0.25, -0.2) is 4.79 Å². The predicted molar refractivity (Wildman–Crippen MR) is 112 cm³/mol. The number of benzene rings is 3. The fourth-order valence-electron chi connectivity index (χ4n) is 3.19. The van der Waals surface area contributed by atoms with Crippen LogP contribution in [0.1, 0.15) is 53.9 Å². The van der Waals surface area contributed by atoms with E-state index in [1.807, 2.05) is 24.3 Å². The quantitative estimate of drug-likeness (QED) is 0.360. The largest absolute Gasteiger partial charge is 0.478 e. The summed E-state index contributed by atoms with van der Waals surface area (Å²) < 4.78 is 6.19. The molecule has 4 heteroatoms. The molecule has 0 radical (unpaired) electrons. The average molecular weight is 377 g/mol. The van der Waals surface area contributed by atoms with Crippen LogP contribution in [0.5, 0.6) is 0 Å². The standard InChI is InChI=1S/C24H27NO3/c1-2-3-6-15-25-23(20-11-13-21(14-12-20)24(26)27)28-17-18-9-10-19-7-4-5-8-22(19)16-18/h4-5,7-14,16,23,25H,2-3,6,15,17H2,1H3,(H,26,27). The number of nitrogens with one attached hydrogen (secondary N) is 1. The van der Waals surface area contributed by atoms with Gasteiger partial charge in [0, 0.05) is 0 Å². The number of hydrogen-bond donors (Lipinski definition) is 2. The Kier molecular flexibility index (Phi) is 7.18. The fraction of sp³-hybridized carbons (Fsp3) is 0.292. The van der Waals surface area contributed by atoms with Crippen LogP contribution in [-0.4, -0.2) is 17.6 Å². The molecule has 0 fully saturated rings. The van der Waals surface area contributed by atoms with Gasteiger partial charge >= 0.3 is 5.97 Å². The van der Waals surface area contributed by atoms with Crippen molar-refractivity contribution in [3.8, 4) is 0 Å². The molecule has 0 aromatic heterocycles. The Balaban J connectivity index is 1.70. The van der Waals surface area contributed by atoms with Crippen LogP contribution in [0.15, 0.2) is 66.7 Å². The van der Waals surface area contributed by atoms with Crippen molar-refractivity contribution >= 4 is 16.7 Å². The molecule has 146 valence electrons. The molecular weight excluding hydrogens is 350 g/mol. The highest BCUT2D eigenvalue weighted by Gasteiger charge is 2.13. The van der Waals surface area contributed by atoms with Crippen molar-refractivity contribution in [2.75, 3.05) is 6.54 Å². The van der Waals surface area contributed by atoms with Gasteiger partial charge in [-0.15, -0.1) is 0 Å². The Morgan fingerprint density at radius 1 is 1.00 bits per heavy atom.